The minimum absolute atomic E-state index is 0.0467. The number of rotatable bonds is 4. The second kappa shape index (κ2) is 6.31. The van der Waals surface area contributed by atoms with Gasteiger partial charge in [-0.2, -0.15) is 0 Å². The summed E-state index contributed by atoms with van der Waals surface area (Å²) in [6, 6.07) is 4.13. The summed E-state index contributed by atoms with van der Waals surface area (Å²) < 4.78 is 0. The minimum Gasteiger partial charge on any atom is -0.347 e. The lowest BCUT2D eigenvalue weighted by molar-refractivity contribution is -0.126. The Hall–Kier alpha value is -0.910. The molecule has 0 bridgehead atoms. The Balaban J connectivity index is 1.86. The van der Waals surface area contributed by atoms with Gasteiger partial charge in [0, 0.05) is 31.1 Å². The van der Waals surface area contributed by atoms with Crippen molar-refractivity contribution in [1.29, 1.82) is 0 Å². The topological polar surface area (TPSA) is 44.4 Å². The van der Waals surface area contributed by atoms with Crippen molar-refractivity contribution in [3.8, 4) is 0 Å². The van der Waals surface area contributed by atoms with Crippen LogP contribution in [0.3, 0.4) is 0 Å². The zero-order chi connectivity index (χ0) is 13.0. The van der Waals surface area contributed by atoms with Gasteiger partial charge in [-0.05, 0) is 25.3 Å². The molecule has 1 saturated heterocycles. The van der Waals surface area contributed by atoms with Gasteiger partial charge in [-0.15, -0.1) is 11.3 Å². The SMILES string of the molecule is CC(NC(=O)C(C)N1CCNCC1)c1cccs1. The van der Waals surface area contributed by atoms with Crippen LogP contribution in [0.2, 0.25) is 0 Å². The second-order valence-corrected chi connectivity index (χ2v) is 5.69. The molecule has 2 heterocycles. The van der Waals surface area contributed by atoms with E-state index in [1.165, 1.54) is 4.88 Å². The van der Waals surface area contributed by atoms with Crippen LogP contribution in [0.1, 0.15) is 24.8 Å². The van der Waals surface area contributed by atoms with E-state index in [4.69, 9.17) is 0 Å². The van der Waals surface area contributed by atoms with Gasteiger partial charge < -0.3 is 10.6 Å². The van der Waals surface area contributed by atoms with E-state index in [2.05, 4.69) is 21.6 Å². The van der Waals surface area contributed by atoms with Crippen molar-refractivity contribution >= 4 is 17.2 Å². The number of thiophene rings is 1. The van der Waals surface area contributed by atoms with Gasteiger partial charge in [0.05, 0.1) is 12.1 Å². The fraction of sp³-hybridized carbons (Fsp3) is 0.615. The van der Waals surface area contributed by atoms with Crippen LogP contribution in [-0.2, 0) is 4.79 Å². The van der Waals surface area contributed by atoms with Crippen molar-refractivity contribution in [2.45, 2.75) is 25.9 Å². The molecular formula is C13H21N3OS. The summed E-state index contributed by atoms with van der Waals surface area (Å²) in [7, 11) is 0. The molecule has 1 aliphatic rings. The lowest BCUT2D eigenvalue weighted by Gasteiger charge is -2.32. The molecule has 0 aromatic carbocycles. The van der Waals surface area contributed by atoms with E-state index in [9.17, 15) is 4.79 Å². The van der Waals surface area contributed by atoms with Crippen molar-refractivity contribution in [2.24, 2.45) is 0 Å². The van der Waals surface area contributed by atoms with Gasteiger partial charge >= 0.3 is 0 Å². The zero-order valence-electron chi connectivity index (χ0n) is 11.0. The standard InChI is InChI=1S/C13H21N3OS/c1-10(12-4-3-9-18-12)15-13(17)11(2)16-7-5-14-6-8-16/h3-4,9-11,14H,5-8H2,1-2H3,(H,15,17). The zero-order valence-corrected chi connectivity index (χ0v) is 11.8. The predicted molar refractivity (Wildman–Crippen MR) is 74.8 cm³/mol. The average molecular weight is 267 g/mol. The molecule has 1 aliphatic heterocycles. The highest BCUT2D eigenvalue weighted by atomic mass is 32.1. The molecule has 0 aliphatic carbocycles. The average Bonchev–Trinajstić information content (AvgIpc) is 2.92. The highest BCUT2D eigenvalue weighted by Gasteiger charge is 2.23. The molecule has 4 nitrogen and oxygen atoms in total. The number of carbonyl (C=O) groups excluding carboxylic acids is 1. The Morgan fingerprint density at radius 1 is 1.44 bits per heavy atom. The third-order valence-electron chi connectivity index (χ3n) is 3.41. The first-order valence-electron chi connectivity index (χ1n) is 6.47. The number of amides is 1. The second-order valence-electron chi connectivity index (χ2n) is 4.71. The van der Waals surface area contributed by atoms with Crippen LogP contribution in [0.5, 0.6) is 0 Å². The Kier molecular flexibility index (Phi) is 4.74. The Morgan fingerprint density at radius 3 is 2.78 bits per heavy atom. The first-order valence-corrected chi connectivity index (χ1v) is 7.35. The van der Waals surface area contributed by atoms with Gasteiger partial charge in [0.2, 0.25) is 5.91 Å². The van der Waals surface area contributed by atoms with Crippen LogP contribution >= 0.6 is 11.3 Å². The smallest absolute Gasteiger partial charge is 0.237 e. The molecule has 1 aromatic heterocycles. The number of nitrogens with zero attached hydrogens (tertiary/aromatic N) is 1. The monoisotopic (exact) mass is 267 g/mol. The highest BCUT2D eigenvalue weighted by molar-refractivity contribution is 7.10. The number of hydrogen-bond acceptors (Lipinski definition) is 4. The summed E-state index contributed by atoms with van der Waals surface area (Å²) in [6.45, 7) is 7.86. The Labute approximate surface area is 112 Å². The molecule has 2 atom stereocenters. The first-order chi connectivity index (χ1) is 8.68. The molecule has 1 amide bonds. The normalized spacial score (nSPS) is 20.3. The Bertz CT molecular complexity index is 374. The van der Waals surface area contributed by atoms with Crippen LogP contribution in [0.4, 0.5) is 0 Å². The molecule has 2 unspecified atom stereocenters. The van der Waals surface area contributed by atoms with Gasteiger partial charge in [-0.3, -0.25) is 9.69 Å². The minimum atomic E-state index is -0.0467. The maximum Gasteiger partial charge on any atom is 0.237 e. The largest absolute Gasteiger partial charge is 0.347 e. The number of hydrogen-bond donors (Lipinski definition) is 2. The summed E-state index contributed by atoms with van der Waals surface area (Å²) in [4.78, 5) is 15.6. The molecule has 1 fully saturated rings. The third-order valence-corrected chi connectivity index (χ3v) is 4.46. The number of piperazine rings is 1. The fourth-order valence-electron chi connectivity index (χ4n) is 2.18. The van der Waals surface area contributed by atoms with E-state index < -0.39 is 0 Å². The molecule has 1 aromatic rings. The van der Waals surface area contributed by atoms with Crippen molar-refractivity contribution in [2.75, 3.05) is 26.2 Å². The van der Waals surface area contributed by atoms with E-state index in [-0.39, 0.29) is 18.0 Å². The summed E-state index contributed by atoms with van der Waals surface area (Å²) in [5.74, 6) is 0.123. The lowest BCUT2D eigenvalue weighted by Crippen LogP contribution is -2.52. The summed E-state index contributed by atoms with van der Waals surface area (Å²) >= 11 is 1.68. The van der Waals surface area contributed by atoms with Gasteiger partial charge in [0.1, 0.15) is 0 Å². The summed E-state index contributed by atoms with van der Waals surface area (Å²) in [5, 5.41) is 8.43. The van der Waals surface area contributed by atoms with Crippen molar-refractivity contribution in [3.63, 3.8) is 0 Å². The van der Waals surface area contributed by atoms with E-state index in [1.54, 1.807) is 11.3 Å². The maximum atomic E-state index is 12.2. The van der Waals surface area contributed by atoms with Crippen molar-refractivity contribution in [1.82, 2.24) is 15.5 Å². The molecule has 2 rings (SSSR count). The molecule has 18 heavy (non-hydrogen) atoms. The predicted octanol–water partition coefficient (Wildman–Crippen LogP) is 1.22. The van der Waals surface area contributed by atoms with E-state index in [1.807, 2.05) is 25.3 Å². The molecule has 100 valence electrons. The van der Waals surface area contributed by atoms with E-state index in [0.717, 1.165) is 26.2 Å². The summed E-state index contributed by atoms with van der Waals surface area (Å²) in [5.41, 5.74) is 0. The van der Waals surface area contributed by atoms with E-state index in [0.29, 0.717) is 0 Å². The van der Waals surface area contributed by atoms with Crippen LogP contribution in [0.25, 0.3) is 0 Å². The van der Waals surface area contributed by atoms with Crippen LogP contribution in [-0.4, -0.2) is 43.0 Å². The summed E-state index contributed by atoms with van der Waals surface area (Å²) in [6.07, 6.45) is 0. The molecule has 0 spiro atoms. The number of carbonyl (C=O) groups is 1. The fourth-order valence-corrected chi connectivity index (χ4v) is 2.91. The Morgan fingerprint density at radius 2 is 2.17 bits per heavy atom. The molecule has 5 heteroatoms. The van der Waals surface area contributed by atoms with Gasteiger partial charge in [-0.25, -0.2) is 0 Å². The number of nitrogens with one attached hydrogen (secondary N) is 2. The van der Waals surface area contributed by atoms with Gasteiger partial charge in [-0.1, -0.05) is 6.07 Å². The quantitative estimate of drug-likeness (QED) is 0.862. The van der Waals surface area contributed by atoms with Crippen LogP contribution < -0.4 is 10.6 Å². The van der Waals surface area contributed by atoms with Gasteiger partial charge in [0.25, 0.3) is 0 Å². The molecular weight excluding hydrogens is 246 g/mol. The van der Waals surface area contributed by atoms with Crippen LogP contribution in [0.15, 0.2) is 17.5 Å². The molecule has 2 N–H and O–H groups in total. The lowest BCUT2D eigenvalue weighted by atomic mass is 10.2. The maximum absolute atomic E-state index is 12.2. The van der Waals surface area contributed by atoms with Crippen molar-refractivity contribution in [3.05, 3.63) is 22.4 Å². The molecule has 0 saturated carbocycles. The van der Waals surface area contributed by atoms with Crippen molar-refractivity contribution < 1.29 is 4.79 Å². The molecule has 0 radical (unpaired) electrons. The first kappa shape index (κ1) is 13.5. The van der Waals surface area contributed by atoms with Crippen LogP contribution in [0, 0.1) is 0 Å². The third kappa shape index (κ3) is 3.31. The van der Waals surface area contributed by atoms with Gasteiger partial charge in [0.15, 0.2) is 0 Å². The highest BCUT2D eigenvalue weighted by Crippen LogP contribution is 2.18. The van der Waals surface area contributed by atoms with E-state index >= 15 is 0 Å².